The van der Waals surface area contributed by atoms with Crippen LogP contribution in [0.15, 0.2) is 0 Å². The molecule has 0 saturated carbocycles. The lowest BCUT2D eigenvalue weighted by molar-refractivity contribution is -0.132. The third-order valence-corrected chi connectivity index (χ3v) is 3.55. The fourth-order valence-corrected chi connectivity index (χ4v) is 1.53. The Balaban J connectivity index is 4.47. The second-order valence-electron chi connectivity index (χ2n) is 4.53. The van der Waals surface area contributed by atoms with Gasteiger partial charge in [0.1, 0.15) is 6.04 Å². The van der Waals surface area contributed by atoms with Crippen LogP contribution in [0.25, 0.3) is 0 Å². The Hall–Kier alpha value is -1.21. The predicted molar refractivity (Wildman–Crippen MR) is 77.7 cm³/mol. The minimum Gasteiger partial charge on any atom is -0.392 e. The van der Waals surface area contributed by atoms with Gasteiger partial charge in [-0.3, -0.25) is 9.59 Å². The maximum absolute atomic E-state index is 12.1. The zero-order valence-electron chi connectivity index (χ0n) is 11.9. The summed E-state index contributed by atoms with van der Waals surface area (Å²) in [7, 11) is 1.55. The number of hydrogen-bond acceptors (Lipinski definition) is 4. The first-order valence-corrected chi connectivity index (χ1v) is 6.58. The SMILES string of the molecule is CCC(C)(C(=O)NC(C)C(=O)NCCOC)C(N)=S. The molecule has 0 heterocycles. The Morgan fingerprint density at radius 1 is 1.47 bits per heavy atom. The fraction of sp³-hybridized carbons (Fsp3) is 0.750. The number of hydrogen-bond donors (Lipinski definition) is 3. The van der Waals surface area contributed by atoms with Crippen molar-refractivity contribution < 1.29 is 14.3 Å². The molecule has 2 amide bonds. The zero-order valence-corrected chi connectivity index (χ0v) is 12.7. The van der Waals surface area contributed by atoms with Crippen LogP contribution in [-0.2, 0) is 14.3 Å². The fourth-order valence-electron chi connectivity index (χ4n) is 1.30. The highest BCUT2D eigenvalue weighted by Gasteiger charge is 2.35. The summed E-state index contributed by atoms with van der Waals surface area (Å²) in [5.74, 6) is -0.608. The Kier molecular flexibility index (Phi) is 7.55. The van der Waals surface area contributed by atoms with Gasteiger partial charge in [-0.25, -0.2) is 0 Å². The summed E-state index contributed by atoms with van der Waals surface area (Å²) in [6, 6.07) is -0.649. The number of ether oxygens (including phenoxy) is 1. The third-order valence-electron chi connectivity index (χ3n) is 3.10. The molecule has 0 aromatic rings. The zero-order chi connectivity index (χ0) is 15.1. The summed E-state index contributed by atoms with van der Waals surface area (Å²) >= 11 is 4.91. The molecule has 7 heteroatoms. The molecule has 19 heavy (non-hydrogen) atoms. The Morgan fingerprint density at radius 3 is 2.47 bits per heavy atom. The van der Waals surface area contributed by atoms with Crippen molar-refractivity contribution in [3.05, 3.63) is 0 Å². The highest BCUT2D eigenvalue weighted by Crippen LogP contribution is 2.21. The van der Waals surface area contributed by atoms with Crippen molar-refractivity contribution in [2.75, 3.05) is 20.3 Å². The number of methoxy groups -OCH3 is 1. The molecule has 0 fully saturated rings. The van der Waals surface area contributed by atoms with E-state index < -0.39 is 11.5 Å². The summed E-state index contributed by atoms with van der Waals surface area (Å²) < 4.78 is 4.82. The molecule has 0 spiro atoms. The van der Waals surface area contributed by atoms with Gasteiger partial charge >= 0.3 is 0 Å². The van der Waals surface area contributed by atoms with Gasteiger partial charge in [-0.1, -0.05) is 19.1 Å². The lowest BCUT2D eigenvalue weighted by Crippen LogP contribution is -2.53. The first-order valence-electron chi connectivity index (χ1n) is 6.17. The summed E-state index contributed by atoms with van der Waals surface area (Å²) in [5, 5.41) is 5.26. The topological polar surface area (TPSA) is 93.5 Å². The van der Waals surface area contributed by atoms with E-state index in [4.69, 9.17) is 22.7 Å². The molecule has 0 radical (unpaired) electrons. The van der Waals surface area contributed by atoms with Crippen molar-refractivity contribution in [2.45, 2.75) is 33.2 Å². The van der Waals surface area contributed by atoms with Gasteiger partial charge in [0.15, 0.2) is 0 Å². The van der Waals surface area contributed by atoms with Gasteiger partial charge in [0.25, 0.3) is 0 Å². The van der Waals surface area contributed by atoms with Gasteiger partial charge in [-0.05, 0) is 20.3 Å². The molecule has 0 aliphatic carbocycles. The number of rotatable bonds is 8. The van der Waals surface area contributed by atoms with E-state index in [1.807, 2.05) is 6.92 Å². The molecule has 0 saturated heterocycles. The molecule has 0 bridgehead atoms. The van der Waals surface area contributed by atoms with Gasteiger partial charge in [-0.15, -0.1) is 0 Å². The molecule has 0 aromatic heterocycles. The minimum atomic E-state index is -0.934. The molecule has 110 valence electrons. The second-order valence-corrected chi connectivity index (χ2v) is 4.97. The van der Waals surface area contributed by atoms with E-state index in [2.05, 4.69) is 10.6 Å². The molecule has 0 aromatic carbocycles. The lowest BCUT2D eigenvalue weighted by Gasteiger charge is -2.27. The molecular weight excluding hydrogens is 266 g/mol. The van der Waals surface area contributed by atoms with Crippen LogP contribution in [0.3, 0.4) is 0 Å². The van der Waals surface area contributed by atoms with Crippen LogP contribution in [0.2, 0.25) is 0 Å². The quantitative estimate of drug-likeness (QED) is 0.430. The van der Waals surface area contributed by atoms with Crippen molar-refractivity contribution >= 4 is 29.0 Å². The molecule has 0 aliphatic rings. The number of nitrogens with two attached hydrogens (primary N) is 1. The third kappa shape index (κ3) is 5.12. The van der Waals surface area contributed by atoms with E-state index >= 15 is 0 Å². The van der Waals surface area contributed by atoms with Gasteiger partial charge in [-0.2, -0.15) is 0 Å². The standard InChI is InChI=1S/C12H23N3O3S/c1-5-12(3,10(13)19)11(17)15-8(2)9(16)14-6-7-18-4/h8H,5-7H2,1-4H3,(H2,13,19)(H,14,16)(H,15,17). The van der Waals surface area contributed by atoms with E-state index in [0.29, 0.717) is 19.6 Å². The largest absolute Gasteiger partial charge is 0.392 e. The molecule has 6 nitrogen and oxygen atoms in total. The number of carbonyl (C=O) groups is 2. The molecule has 4 N–H and O–H groups in total. The van der Waals surface area contributed by atoms with Crippen LogP contribution in [0.4, 0.5) is 0 Å². The molecule has 2 unspecified atom stereocenters. The minimum absolute atomic E-state index is 0.125. The van der Waals surface area contributed by atoms with E-state index in [-0.39, 0.29) is 16.8 Å². The van der Waals surface area contributed by atoms with Gasteiger partial charge < -0.3 is 21.1 Å². The predicted octanol–water partition coefficient (Wildman–Crippen LogP) is -0.0439. The van der Waals surface area contributed by atoms with E-state index in [1.165, 1.54) is 0 Å². The monoisotopic (exact) mass is 289 g/mol. The average Bonchev–Trinajstić information content (AvgIpc) is 2.37. The van der Waals surface area contributed by atoms with Crippen molar-refractivity contribution in [3.8, 4) is 0 Å². The Labute approximate surface area is 119 Å². The van der Waals surface area contributed by atoms with E-state index in [9.17, 15) is 9.59 Å². The van der Waals surface area contributed by atoms with Gasteiger partial charge in [0.2, 0.25) is 11.8 Å². The van der Waals surface area contributed by atoms with Crippen LogP contribution in [-0.4, -0.2) is 43.1 Å². The summed E-state index contributed by atoms with van der Waals surface area (Å²) in [6.07, 6.45) is 0.478. The molecular formula is C12H23N3O3S. The van der Waals surface area contributed by atoms with Crippen molar-refractivity contribution in [2.24, 2.45) is 11.1 Å². The number of nitrogens with one attached hydrogen (secondary N) is 2. The van der Waals surface area contributed by atoms with Crippen molar-refractivity contribution in [1.82, 2.24) is 10.6 Å². The maximum Gasteiger partial charge on any atom is 0.242 e. The van der Waals surface area contributed by atoms with Crippen LogP contribution >= 0.6 is 12.2 Å². The van der Waals surface area contributed by atoms with Crippen LogP contribution in [0.1, 0.15) is 27.2 Å². The smallest absolute Gasteiger partial charge is 0.242 e. The molecule has 0 rings (SSSR count). The normalized spacial score (nSPS) is 15.2. The first-order chi connectivity index (χ1) is 8.79. The van der Waals surface area contributed by atoms with Crippen LogP contribution < -0.4 is 16.4 Å². The Bertz CT molecular complexity index is 349. The summed E-state index contributed by atoms with van der Waals surface area (Å²) in [6.45, 7) is 5.92. The van der Waals surface area contributed by atoms with Crippen LogP contribution in [0, 0.1) is 5.41 Å². The van der Waals surface area contributed by atoms with Crippen molar-refractivity contribution in [3.63, 3.8) is 0 Å². The summed E-state index contributed by atoms with van der Waals surface area (Å²) in [4.78, 5) is 23.9. The molecule has 2 atom stereocenters. The maximum atomic E-state index is 12.1. The number of thiocarbonyl (C=S) groups is 1. The Morgan fingerprint density at radius 2 is 2.05 bits per heavy atom. The van der Waals surface area contributed by atoms with E-state index in [0.717, 1.165) is 0 Å². The van der Waals surface area contributed by atoms with Gasteiger partial charge in [0.05, 0.1) is 17.0 Å². The highest BCUT2D eigenvalue weighted by atomic mass is 32.1. The lowest BCUT2D eigenvalue weighted by atomic mass is 9.86. The first kappa shape index (κ1) is 17.8. The van der Waals surface area contributed by atoms with E-state index in [1.54, 1.807) is 21.0 Å². The second kappa shape index (κ2) is 8.06. The van der Waals surface area contributed by atoms with Gasteiger partial charge in [0, 0.05) is 13.7 Å². The van der Waals surface area contributed by atoms with Crippen molar-refractivity contribution in [1.29, 1.82) is 0 Å². The summed E-state index contributed by atoms with van der Waals surface area (Å²) in [5.41, 5.74) is 4.65. The molecule has 0 aliphatic heterocycles. The van der Waals surface area contributed by atoms with Crippen LogP contribution in [0.5, 0.6) is 0 Å². The average molecular weight is 289 g/mol. The number of carbonyl (C=O) groups excluding carboxylic acids is 2. The number of amides is 2. The highest BCUT2D eigenvalue weighted by molar-refractivity contribution is 7.80.